The molecule has 1 aromatic rings. The zero-order chi connectivity index (χ0) is 12.0. The van der Waals surface area contributed by atoms with Gasteiger partial charge in [-0.3, -0.25) is 4.68 Å². The molecule has 0 aliphatic rings. The highest BCUT2D eigenvalue weighted by molar-refractivity contribution is 5.08. The van der Waals surface area contributed by atoms with Gasteiger partial charge in [0, 0.05) is 13.2 Å². The van der Waals surface area contributed by atoms with Crippen LogP contribution in [-0.4, -0.2) is 16.8 Å². The Morgan fingerprint density at radius 1 is 1.44 bits per heavy atom. The molecule has 0 saturated heterocycles. The summed E-state index contributed by atoms with van der Waals surface area (Å²) in [5.74, 6) is 0.709. The molecule has 0 spiro atoms. The van der Waals surface area contributed by atoms with E-state index in [-0.39, 0.29) is 0 Å². The van der Waals surface area contributed by atoms with Gasteiger partial charge in [-0.1, -0.05) is 33.1 Å². The van der Waals surface area contributed by atoms with Crippen LogP contribution in [0.5, 0.6) is 0 Å². The predicted octanol–water partition coefficient (Wildman–Crippen LogP) is 2.90. The second-order valence-corrected chi connectivity index (χ2v) is 4.46. The van der Waals surface area contributed by atoms with Crippen LogP contribution in [0.3, 0.4) is 0 Å². The Bertz CT molecular complexity index is 293. The molecule has 1 rings (SSSR count). The van der Waals surface area contributed by atoms with Crippen LogP contribution in [0.4, 0.5) is 0 Å². The molecule has 0 fully saturated rings. The third kappa shape index (κ3) is 3.08. The number of aromatic nitrogens is 2. The molecule has 0 aromatic carbocycles. The predicted molar refractivity (Wildman–Crippen MR) is 68.3 cm³/mol. The maximum atomic E-state index is 4.26. The van der Waals surface area contributed by atoms with Gasteiger partial charge in [-0.25, -0.2) is 0 Å². The molecular formula is C13H25N3. The van der Waals surface area contributed by atoms with Crippen molar-refractivity contribution in [3.63, 3.8) is 0 Å². The summed E-state index contributed by atoms with van der Waals surface area (Å²) in [6.07, 6.45) is 6.99. The van der Waals surface area contributed by atoms with Crippen LogP contribution in [0.25, 0.3) is 0 Å². The van der Waals surface area contributed by atoms with Crippen molar-refractivity contribution in [2.75, 3.05) is 7.05 Å². The van der Waals surface area contributed by atoms with Gasteiger partial charge in [-0.15, -0.1) is 0 Å². The van der Waals surface area contributed by atoms with Gasteiger partial charge in [-0.2, -0.15) is 5.10 Å². The Hall–Kier alpha value is -0.830. The molecule has 2 unspecified atom stereocenters. The monoisotopic (exact) mass is 223 g/mol. The van der Waals surface area contributed by atoms with Crippen molar-refractivity contribution in [1.82, 2.24) is 15.1 Å². The molecule has 0 saturated carbocycles. The normalized spacial score (nSPS) is 15.0. The lowest BCUT2D eigenvalue weighted by Gasteiger charge is -2.26. The van der Waals surface area contributed by atoms with E-state index in [0.717, 1.165) is 0 Å². The average molecular weight is 223 g/mol. The van der Waals surface area contributed by atoms with Crippen molar-refractivity contribution in [3.8, 4) is 0 Å². The summed E-state index contributed by atoms with van der Waals surface area (Å²) in [4.78, 5) is 0. The minimum absolute atomic E-state index is 0.434. The molecular weight excluding hydrogens is 198 g/mol. The lowest BCUT2D eigenvalue weighted by Crippen LogP contribution is -2.27. The zero-order valence-electron chi connectivity index (χ0n) is 11.0. The molecule has 1 N–H and O–H groups in total. The van der Waals surface area contributed by atoms with Crippen LogP contribution in [0.15, 0.2) is 12.3 Å². The lowest BCUT2D eigenvalue weighted by molar-refractivity contribution is 0.325. The zero-order valence-corrected chi connectivity index (χ0v) is 11.0. The van der Waals surface area contributed by atoms with Gasteiger partial charge in [0.25, 0.3) is 0 Å². The second kappa shape index (κ2) is 6.69. The summed E-state index contributed by atoms with van der Waals surface area (Å²) < 4.78 is 1.98. The fraction of sp³-hybridized carbons (Fsp3) is 0.769. The first-order valence-electron chi connectivity index (χ1n) is 6.39. The molecule has 0 amide bonds. The topological polar surface area (TPSA) is 29.9 Å². The Labute approximate surface area is 99.2 Å². The van der Waals surface area contributed by atoms with Crippen molar-refractivity contribution in [1.29, 1.82) is 0 Å². The SMILES string of the molecule is CCCCC(CC)C(NC)c1ccnn1C. The summed E-state index contributed by atoms with van der Waals surface area (Å²) in [5.41, 5.74) is 1.30. The maximum Gasteiger partial charge on any atom is 0.0553 e. The van der Waals surface area contributed by atoms with Crippen molar-refractivity contribution < 1.29 is 0 Å². The largest absolute Gasteiger partial charge is 0.311 e. The standard InChI is InChI=1S/C13H25N3/c1-5-7-8-11(6-2)13(14-3)12-9-10-15-16(12)4/h9-11,13-14H,5-8H2,1-4H3. The van der Waals surface area contributed by atoms with Gasteiger partial charge >= 0.3 is 0 Å². The van der Waals surface area contributed by atoms with Crippen LogP contribution in [0.1, 0.15) is 51.3 Å². The van der Waals surface area contributed by atoms with E-state index < -0.39 is 0 Å². The molecule has 3 nitrogen and oxygen atoms in total. The number of nitrogens with zero attached hydrogens (tertiary/aromatic N) is 2. The van der Waals surface area contributed by atoms with Crippen LogP contribution in [0.2, 0.25) is 0 Å². The van der Waals surface area contributed by atoms with Crippen LogP contribution in [-0.2, 0) is 7.05 Å². The number of hydrogen-bond donors (Lipinski definition) is 1. The summed E-state index contributed by atoms with van der Waals surface area (Å²) in [6, 6.07) is 2.56. The molecule has 2 atom stereocenters. The molecule has 1 aromatic heterocycles. The van der Waals surface area contributed by atoms with E-state index >= 15 is 0 Å². The Morgan fingerprint density at radius 3 is 2.62 bits per heavy atom. The third-order valence-corrected chi connectivity index (χ3v) is 3.41. The van der Waals surface area contributed by atoms with Crippen molar-refractivity contribution >= 4 is 0 Å². The van der Waals surface area contributed by atoms with Gasteiger partial charge in [0.2, 0.25) is 0 Å². The summed E-state index contributed by atoms with van der Waals surface area (Å²) in [5, 5.41) is 7.70. The maximum absolute atomic E-state index is 4.26. The minimum atomic E-state index is 0.434. The quantitative estimate of drug-likeness (QED) is 0.770. The summed E-state index contributed by atoms with van der Waals surface area (Å²) in [7, 11) is 4.07. The van der Waals surface area contributed by atoms with Gasteiger partial charge in [0.1, 0.15) is 0 Å². The van der Waals surface area contributed by atoms with Crippen LogP contribution < -0.4 is 5.32 Å². The number of unbranched alkanes of at least 4 members (excludes halogenated alkanes) is 1. The lowest BCUT2D eigenvalue weighted by atomic mass is 9.89. The van der Waals surface area contributed by atoms with Gasteiger partial charge in [0.05, 0.1) is 11.7 Å². The van der Waals surface area contributed by atoms with Crippen LogP contribution in [0, 0.1) is 5.92 Å². The first-order valence-corrected chi connectivity index (χ1v) is 6.39. The van der Waals surface area contributed by atoms with E-state index in [2.05, 4.69) is 30.3 Å². The molecule has 0 aliphatic carbocycles. The van der Waals surface area contributed by atoms with Crippen molar-refractivity contribution in [2.24, 2.45) is 13.0 Å². The van der Waals surface area contributed by atoms with E-state index in [9.17, 15) is 0 Å². The first kappa shape index (κ1) is 13.2. The van der Waals surface area contributed by atoms with Crippen molar-refractivity contribution in [3.05, 3.63) is 18.0 Å². The van der Waals surface area contributed by atoms with Gasteiger partial charge in [0.15, 0.2) is 0 Å². The first-order chi connectivity index (χ1) is 7.74. The summed E-state index contributed by atoms with van der Waals surface area (Å²) in [6.45, 7) is 4.53. The smallest absolute Gasteiger partial charge is 0.0553 e. The number of rotatable bonds is 7. The van der Waals surface area contributed by atoms with Crippen molar-refractivity contribution in [2.45, 2.75) is 45.6 Å². The average Bonchev–Trinajstić information content (AvgIpc) is 2.71. The molecule has 1 heterocycles. The highest BCUT2D eigenvalue weighted by Crippen LogP contribution is 2.28. The molecule has 0 radical (unpaired) electrons. The second-order valence-electron chi connectivity index (χ2n) is 4.46. The van der Waals surface area contributed by atoms with E-state index in [0.29, 0.717) is 12.0 Å². The molecule has 0 bridgehead atoms. The van der Waals surface area contributed by atoms with E-state index in [1.807, 2.05) is 25.0 Å². The van der Waals surface area contributed by atoms with Gasteiger partial charge < -0.3 is 5.32 Å². The van der Waals surface area contributed by atoms with E-state index in [4.69, 9.17) is 0 Å². The Morgan fingerprint density at radius 2 is 2.19 bits per heavy atom. The fourth-order valence-electron chi connectivity index (χ4n) is 2.39. The van der Waals surface area contributed by atoms with Crippen LogP contribution >= 0.6 is 0 Å². The minimum Gasteiger partial charge on any atom is -0.311 e. The van der Waals surface area contributed by atoms with E-state index in [1.54, 1.807) is 0 Å². The highest BCUT2D eigenvalue weighted by Gasteiger charge is 2.21. The number of aryl methyl sites for hydroxylation is 1. The molecule has 3 heteroatoms. The molecule has 92 valence electrons. The molecule has 0 aliphatic heterocycles. The third-order valence-electron chi connectivity index (χ3n) is 3.41. The Balaban J connectivity index is 2.75. The van der Waals surface area contributed by atoms with Gasteiger partial charge in [-0.05, 0) is 25.5 Å². The fourth-order valence-corrected chi connectivity index (χ4v) is 2.39. The number of nitrogens with one attached hydrogen (secondary N) is 1. The molecule has 16 heavy (non-hydrogen) atoms. The summed E-state index contributed by atoms with van der Waals surface area (Å²) >= 11 is 0. The highest BCUT2D eigenvalue weighted by atomic mass is 15.3. The number of hydrogen-bond acceptors (Lipinski definition) is 2. The van der Waals surface area contributed by atoms with E-state index in [1.165, 1.54) is 31.4 Å². The Kier molecular flexibility index (Phi) is 5.53.